The predicted molar refractivity (Wildman–Crippen MR) is 132 cm³/mol. The van der Waals surface area contributed by atoms with Crippen molar-refractivity contribution in [2.24, 2.45) is 0 Å². The number of thiocarbonyl (C=S) groups is 1. The third kappa shape index (κ3) is 5.07. The normalized spacial score (nSPS) is 16.2. The summed E-state index contributed by atoms with van der Waals surface area (Å²) in [6, 6.07) is 17.6. The molecule has 0 bridgehead atoms. The van der Waals surface area contributed by atoms with Crippen molar-refractivity contribution in [1.29, 1.82) is 0 Å². The van der Waals surface area contributed by atoms with Gasteiger partial charge in [0.15, 0.2) is 5.11 Å². The summed E-state index contributed by atoms with van der Waals surface area (Å²) in [5.74, 6) is 1.77. The number of aromatic nitrogens is 2. The molecule has 0 spiro atoms. The minimum Gasteiger partial charge on any atom is -0.497 e. The van der Waals surface area contributed by atoms with E-state index in [4.69, 9.17) is 31.2 Å². The van der Waals surface area contributed by atoms with Gasteiger partial charge in [-0.05, 0) is 62.3 Å². The quantitative estimate of drug-likeness (QED) is 0.356. The fourth-order valence-corrected chi connectivity index (χ4v) is 4.23. The summed E-state index contributed by atoms with van der Waals surface area (Å²) in [5.41, 5.74) is 3.84. The molecule has 1 atom stereocenters. The molecule has 1 unspecified atom stereocenters. The van der Waals surface area contributed by atoms with Gasteiger partial charge in [-0.2, -0.15) is 4.98 Å². The summed E-state index contributed by atoms with van der Waals surface area (Å²) in [6.45, 7) is 6.17. The van der Waals surface area contributed by atoms with Crippen molar-refractivity contribution in [2.75, 3.05) is 26.9 Å². The van der Waals surface area contributed by atoms with E-state index >= 15 is 0 Å². The van der Waals surface area contributed by atoms with E-state index in [1.54, 1.807) is 7.11 Å². The standard InChI is InChI=1S/C25H28N4O3S/c1-4-31-16-8-15-29-17(2)21(22(26-25(29)33)18-9-6-5-7-10-18)24-27-23(28-32-24)19-11-13-20(30-3)14-12-19/h5-7,9-14,22H,4,8,15-16H2,1-3H3,(H,26,33). The predicted octanol–water partition coefficient (Wildman–Crippen LogP) is 4.83. The van der Waals surface area contributed by atoms with E-state index in [-0.39, 0.29) is 6.04 Å². The van der Waals surface area contributed by atoms with E-state index < -0.39 is 0 Å². The van der Waals surface area contributed by atoms with Crippen LogP contribution >= 0.6 is 12.2 Å². The van der Waals surface area contributed by atoms with Crippen molar-refractivity contribution in [3.63, 3.8) is 0 Å². The van der Waals surface area contributed by atoms with Gasteiger partial charge in [0.1, 0.15) is 5.75 Å². The minimum atomic E-state index is -0.189. The Morgan fingerprint density at radius 3 is 2.58 bits per heavy atom. The molecule has 172 valence electrons. The lowest BCUT2D eigenvalue weighted by Gasteiger charge is -2.37. The van der Waals surface area contributed by atoms with Crippen LogP contribution in [-0.4, -0.2) is 47.0 Å². The van der Waals surface area contributed by atoms with Crippen LogP contribution in [0, 0.1) is 0 Å². The van der Waals surface area contributed by atoms with Gasteiger partial charge in [0, 0.05) is 31.0 Å². The first-order chi connectivity index (χ1) is 16.1. The highest BCUT2D eigenvalue weighted by molar-refractivity contribution is 7.80. The van der Waals surface area contributed by atoms with Gasteiger partial charge in [-0.1, -0.05) is 35.5 Å². The Bertz CT molecular complexity index is 1110. The molecule has 0 aliphatic carbocycles. The van der Waals surface area contributed by atoms with E-state index in [2.05, 4.69) is 34.4 Å². The van der Waals surface area contributed by atoms with Crippen LogP contribution in [0.1, 0.15) is 37.8 Å². The lowest BCUT2D eigenvalue weighted by molar-refractivity contribution is 0.141. The van der Waals surface area contributed by atoms with Crippen LogP contribution in [0.3, 0.4) is 0 Å². The topological polar surface area (TPSA) is 72.7 Å². The van der Waals surface area contributed by atoms with E-state index in [0.717, 1.165) is 41.1 Å². The highest BCUT2D eigenvalue weighted by Crippen LogP contribution is 2.37. The van der Waals surface area contributed by atoms with Gasteiger partial charge >= 0.3 is 0 Å². The molecule has 2 heterocycles. The highest BCUT2D eigenvalue weighted by atomic mass is 32.1. The summed E-state index contributed by atoms with van der Waals surface area (Å²) in [5, 5.41) is 8.41. The molecule has 0 amide bonds. The summed E-state index contributed by atoms with van der Waals surface area (Å²) in [6.07, 6.45) is 0.858. The van der Waals surface area contributed by atoms with Crippen LogP contribution < -0.4 is 10.1 Å². The maximum atomic E-state index is 5.78. The number of nitrogens with zero attached hydrogens (tertiary/aromatic N) is 3. The van der Waals surface area contributed by atoms with Crippen molar-refractivity contribution >= 4 is 22.9 Å². The smallest absolute Gasteiger partial charge is 0.258 e. The van der Waals surface area contributed by atoms with Gasteiger partial charge in [0.25, 0.3) is 5.89 Å². The van der Waals surface area contributed by atoms with E-state index in [1.165, 1.54) is 0 Å². The molecule has 1 N–H and O–H groups in total. The Labute approximate surface area is 199 Å². The SMILES string of the molecule is CCOCCCN1C(=S)NC(c2ccccc2)C(c2nc(-c3ccc(OC)cc3)no2)=C1C. The molecule has 8 heteroatoms. The average molecular weight is 465 g/mol. The first-order valence-electron chi connectivity index (χ1n) is 11.0. The minimum absolute atomic E-state index is 0.189. The molecule has 3 aromatic rings. The number of benzene rings is 2. The monoisotopic (exact) mass is 464 g/mol. The van der Waals surface area contributed by atoms with Crippen molar-refractivity contribution < 1.29 is 14.0 Å². The van der Waals surface area contributed by atoms with Gasteiger partial charge in [0.05, 0.1) is 18.7 Å². The van der Waals surface area contributed by atoms with Crippen LogP contribution in [0.4, 0.5) is 0 Å². The number of hydrogen-bond acceptors (Lipinski definition) is 6. The molecule has 0 saturated carbocycles. The number of nitrogens with one attached hydrogen (secondary N) is 1. The summed E-state index contributed by atoms with van der Waals surface area (Å²) in [4.78, 5) is 6.83. The Morgan fingerprint density at radius 2 is 1.88 bits per heavy atom. The third-order valence-electron chi connectivity index (χ3n) is 5.61. The molecule has 2 aromatic carbocycles. The van der Waals surface area contributed by atoms with Crippen LogP contribution in [-0.2, 0) is 4.74 Å². The van der Waals surface area contributed by atoms with Crippen LogP contribution in [0.25, 0.3) is 17.0 Å². The van der Waals surface area contributed by atoms with Crippen molar-refractivity contribution in [3.8, 4) is 17.1 Å². The van der Waals surface area contributed by atoms with E-state index in [0.29, 0.717) is 30.0 Å². The molecule has 0 radical (unpaired) electrons. The molecular weight excluding hydrogens is 436 g/mol. The molecule has 7 nitrogen and oxygen atoms in total. The highest BCUT2D eigenvalue weighted by Gasteiger charge is 2.33. The zero-order chi connectivity index (χ0) is 23.2. The Kier molecular flexibility index (Phi) is 7.36. The van der Waals surface area contributed by atoms with Gasteiger partial charge in [0.2, 0.25) is 5.82 Å². The third-order valence-corrected chi connectivity index (χ3v) is 5.95. The lowest BCUT2D eigenvalue weighted by Crippen LogP contribution is -2.46. The summed E-state index contributed by atoms with van der Waals surface area (Å²) < 4.78 is 16.5. The molecule has 1 aliphatic heterocycles. The van der Waals surface area contributed by atoms with Gasteiger partial charge in [-0.3, -0.25) is 0 Å². The Morgan fingerprint density at radius 1 is 1.12 bits per heavy atom. The van der Waals surface area contributed by atoms with Crippen LogP contribution in [0.5, 0.6) is 5.75 Å². The first kappa shape index (κ1) is 22.9. The van der Waals surface area contributed by atoms with E-state index in [1.807, 2.05) is 49.4 Å². The van der Waals surface area contributed by atoms with Gasteiger partial charge in [-0.25, -0.2) is 0 Å². The average Bonchev–Trinajstić information content (AvgIpc) is 3.33. The lowest BCUT2D eigenvalue weighted by atomic mass is 9.95. The Hall–Kier alpha value is -3.23. The van der Waals surface area contributed by atoms with E-state index in [9.17, 15) is 0 Å². The summed E-state index contributed by atoms with van der Waals surface area (Å²) >= 11 is 5.73. The van der Waals surface area contributed by atoms with Crippen molar-refractivity contribution in [1.82, 2.24) is 20.4 Å². The molecular formula is C25H28N4O3S. The molecule has 0 fully saturated rings. The molecule has 0 saturated heterocycles. The number of methoxy groups -OCH3 is 1. The Balaban J connectivity index is 1.70. The number of allylic oxidation sites excluding steroid dienone is 1. The van der Waals surface area contributed by atoms with Crippen LogP contribution in [0.2, 0.25) is 0 Å². The zero-order valence-electron chi connectivity index (χ0n) is 19.1. The zero-order valence-corrected chi connectivity index (χ0v) is 19.9. The van der Waals surface area contributed by atoms with Gasteiger partial charge in [-0.15, -0.1) is 0 Å². The second kappa shape index (κ2) is 10.6. The number of hydrogen-bond donors (Lipinski definition) is 1. The second-order valence-corrected chi connectivity index (χ2v) is 8.03. The number of ether oxygens (including phenoxy) is 2. The van der Waals surface area contributed by atoms with Crippen LogP contribution in [0.15, 0.2) is 64.8 Å². The molecule has 1 aliphatic rings. The summed E-state index contributed by atoms with van der Waals surface area (Å²) in [7, 11) is 1.64. The van der Waals surface area contributed by atoms with Crippen molar-refractivity contribution in [2.45, 2.75) is 26.3 Å². The first-order valence-corrected chi connectivity index (χ1v) is 11.4. The maximum absolute atomic E-state index is 5.78. The molecule has 1 aromatic heterocycles. The maximum Gasteiger partial charge on any atom is 0.258 e. The fourth-order valence-electron chi connectivity index (χ4n) is 3.88. The second-order valence-electron chi connectivity index (χ2n) is 7.65. The molecule has 33 heavy (non-hydrogen) atoms. The number of rotatable bonds is 9. The fraction of sp³-hybridized carbons (Fsp3) is 0.320. The van der Waals surface area contributed by atoms with Gasteiger partial charge < -0.3 is 24.2 Å². The molecule has 4 rings (SSSR count). The largest absolute Gasteiger partial charge is 0.497 e. The van der Waals surface area contributed by atoms with Crippen molar-refractivity contribution in [3.05, 3.63) is 71.7 Å².